The van der Waals surface area contributed by atoms with Crippen LogP contribution in [0.25, 0.3) is 0 Å². The molecule has 3 atom stereocenters. The summed E-state index contributed by atoms with van der Waals surface area (Å²) in [5, 5.41) is 0. The van der Waals surface area contributed by atoms with Crippen molar-refractivity contribution in [2.75, 3.05) is 7.11 Å². The zero-order valence-corrected chi connectivity index (χ0v) is 15.8. The molecular formula is C21H28O4. The molecule has 0 aliphatic heterocycles. The van der Waals surface area contributed by atoms with E-state index in [1.807, 2.05) is 25.1 Å². The van der Waals surface area contributed by atoms with Gasteiger partial charge in [-0.3, -0.25) is 9.59 Å². The van der Waals surface area contributed by atoms with Crippen LogP contribution in [0.3, 0.4) is 0 Å². The lowest BCUT2D eigenvalue weighted by atomic mass is 9.53. The lowest BCUT2D eigenvalue weighted by molar-refractivity contribution is -0.162. The van der Waals surface area contributed by atoms with Crippen molar-refractivity contribution >= 4 is 18.5 Å². The number of hydrogen-bond donors (Lipinski definition) is 0. The van der Waals surface area contributed by atoms with E-state index < -0.39 is 16.7 Å². The fraction of sp³-hybridized carbons (Fsp3) is 0.571. The van der Waals surface area contributed by atoms with Gasteiger partial charge < -0.3 is 9.53 Å². The summed E-state index contributed by atoms with van der Waals surface area (Å²) in [6.45, 7) is 7.95. The number of carbonyl (C=O) groups is 3. The van der Waals surface area contributed by atoms with Crippen LogP contribution in [0.4, 0.5) is 0 Å². The lowest BCUT2D eigenvalue weighted by Gasteiger charge is -2.48. The molecule has 136 valence electrons. The van der Waals surface area contributed by atoms with E-state index in [4.69, 9.17) is 4.74 Å². The number of ether oxygens (including phenoxy) is 1. The van der Waals surface area contributed by atoms with E-state index >= 15 is 0 Å². The summed E-state index contributed by atoms with van der Waals surface area (Å²) in [6.07, 6.45) is 3.90. The Hall–Kier alpha value is -1.97. The second-order valence-corrected chi connectivity index (χ2v) is 7.91. The van der Waals surface area contributed by atoms with E-state index in [-0.39, 0.29) is 5.97 Å². The molecule has 1 aliphatic rings. The normalized spacial score (nSPS) is 29.3. The molecule has 0 bridgehead atoms. The zero-order chi connectivity index (χ0) is 18.8. The Kier molecular flexibility index (Phi) is 5.50. The molecule has 1 aromatic rings. The van der Waals surface area contributed by atoms with Crippen molar-refractivity contribution in [2.24, 2.45) is 11.3 Å². The summed E-state index contributed by atoms with van der Waals surface area (Å²) in [5.41, 5.74) is 1.09. The first-order valence-electron chi connectivity index (χ1n) is 8.88. The molecule has 0 N–H and O–H groups in total. The van der Waals surface area contributed by atoms with Crippen LogP contribution in [0.1, 0.15) is 74.4 Å². The van der Waals surface area contributed by atoms with E-state index in [1.54, 1.807) is 6.92 Å². The molecule has 0 amide bonds. The van der Waals surface area contributed by atoms with Gasteiger partial charge in [-0.05, 0) is 42.9 Å². The molecule has 1 aromatic carbocycles. The maximum atomic E-state index is 12.4. The van der Waals surface area contributed by atoms with Gasteiger partial charge in [0, 0.05) is 16.9 Å². The summed E-state index contributed by atoms with van der Waals surface area (Å²) >= 11 is 0. The van der Waals surface area contributed by atoms with Gasteiger partial charge in [-0.25, -0.2) is 0 Å². The van der Waals surface area contributed by atoms with Gasteiger partial charge in [0.1, 0.15) is 12.6 Å². The third kappa shape index (κ3) is 3.14. The number of hydrogen-bond acceptors (Lipinski definition) is 4. The topological polar surface area (TPSA) is 60.4 Å². The number of rotatable bonds is 5. The first-order chi connectivity index (χ1) is 11.7. The molecule has 4 nitrogen and oxygen atoms in total. The molecule has 25 heavy (non-hydrogen) atoms. The number of aldehydes is 2. The smallest absolute Gasteiger partial charge is 0.312 e. The minimum Gasteiger partial charge on any atom is -0.469 e. The highest BCUT2D eigenvalue weighted by molar-refractivity contribution is 5.83. The average Bonchev–Trinajstić information content (AvgIpc) is 2.60. The van der Waals surface area contributed by atoms with Crippen LogP contribution >= 0.6 is 0 Å². The summed E-state index contributed by atoms with van der Waals surface area (Å²) in [7, 11) is 1.36. The molecule has 0 aromatic heterocycles. The second kappa shape index (κ2) is 7.11. The molecule has 0 spiro atoms. The summed E-state index contributed by atoms with van der Waals surface area (Å²) in [6, 6.07) is 5.88. The SMILES string of the molecule is COC(=O)[C@]1(C)CCC[C@](C)(c2ccc(C(C)C)cc2C=O)[C@H]1C=O. The van der Waals surface area contributed by atoms with E-state index in [2.05, 4.69) is 13.8 Å². The van der Waals surface area contributed by atoms with Crippen molar-refractivity contribution in [2.45, 2.75) is 58.3 Å². The van der Waals surface area contributed by atoms with Gasteiger partial charge in [-0.2, -0.15) is 0 Å². The molecule has 0 unspecified atom stereocenters. The number of carbonyl (C=O) groups excluding carboxylic acids is 3. The molecule has 1 fully saturated rings. The number of esters is 1. The van der Waals surface area contributed by atoms with Gasteiger partial charge in [-0.15, -0.1) is 0 Å². The van der Waals surface area contributed by atoms with Crippen molar-refractivity contribution in [3.05, 3.63) is 34.9 Å². The van der Waals surface area contributed by atoms with Gasteiger partial charge in [0.25, 0.3) is 0 Å². The van der Waals surface area contributed by atoms with E-state index in [0.29, 0.717) is 17.9 Å². The van der Waals surface area contributed by atoms with Crippen molar-refractivity contribution in [3.63, 3.8) is 0 Å². The minimum absolute atomic E-state index is 0.314. The van der Waals surface area contributed by atoms with Crippen molar-refractivity contribution < 1.29 is 19.1 Å². The molecule has 1 aliphatic carbocycles. The Labute approximate surface area is 149 Å². The zero-order valence-electron chi connectivity index (χ0n) is 15.8. The Morgan fingerprint density at radius 1 is 1.24 bits per heavy atom. The average molecular weight is 344 g/mol. The quantitative estimate of drug-likeness (QED) is 0.597. The fourth-order valence-electron chi connectivity index (χ4n) is 4.46. The maximum absolute atomic E-state index is 12.4. The third-order valence-electron chi connectivity index (χ3n) is 6.04. The highest BCUT2D eigenvalue weighted by Crippen LogP contribution is 2.52. The van der Waals surface area contributed by atoms with Crippen LogP contribution < -0.4 is 0 Å². The Morgan fingerprint density at radius 2 is 1.92 bits per heavy atom. The molecule has 4 heteroatoms. The molecule has 1 saturated carbocycles. The fourth-order valence-corrected chi connectivity index (χ4v) is 4.46. The van der Waals surface area contributed by atoms with E-state index in [1.165, 1.54) is 7.11 Å². The lowest BCUT2D eigenvalue weighted by Crippen LogP contribution is -2.51. The third-order valence-corrected chi connectivity index (χ3v) is 6.04. The van der Waals surface area contributed by atoms with Crippen LogP contribution in [0, 0.1) is 11.3 Å². The first kappa shape index (κ1) is 19.4. The number of methoxy groups -OCH3 is 1. The molecule has 2 rings (SSSR count). The summed E-state index contributed by atoms with van der Waals surface area (Å²) in [4.78, 5) is 36.2. The van der Waals surface area contributed by atoms with Crippen molar-refractivity contribution in [3.8, 4) is 0 Å². The van der Waals surface area contributed by atoms with Gasteiger partial charge >= 0.3 is 5.97 Å². The molecule has 0 heterocycles. The minimum atomic E-state index is -0.875. The highest BCUT2D eigenvalue weighted by Gasteiger charge is 2.54. The predicted molar refractivity (Wildman–Crippen MR) is 96.8 cm³/mol. The summed E-state index contributed by atoms with van der Waals surface area (Å²) < 4.78 is 4.99. The molecule has 0 radical (unpaired) electrons. The predicted octanol–water partition coefficient (Wildman–Crippen LogP) is 4.06. The second-order valence-electron chi connectivity index (χ2n) is 7.91. The highest BCUT2D eigenvalue weighted by atomic mass is 16.5. The van der Waals surface area contributed by atoms with Crippen LogP contribution in [0.5, 0.6) is 0 Å². The summed E-state index contributed by atoms with van der Waals surface area (Å²) in [5.74, 6) is -0.583. The largest absolute Gasteiger partial charge is 0.469 e. The van der Waals surface area contributed by atoms with Crippen molar-refractivity contribution in [1.29, 1.82) is 0 Å². The molecular weight excluding hydrogens is 316 g/mol. The van der Waals surface area contributed by atoms with E-state index in [0.717, 1.165) is 36.5 Å². The van der Waals surface area contributed by atoms with Crippen LogP contribution in [0.2, 0.25) is 0 Å². The monoisotopic (exact) mass is 344 g/mol. The van der Waals surface area contributed by atoms with Gasteiger partial charge in [0.05, 0.1) is 12.5 Å². The van der Waals surface area contributed by atoms with Crippen LogP contribution in [-0.4, -0.2) is 25.7 Å². The van der Waals surface area contributed by atoms with Crippen LogP contribution in [-0.2, 0) is 19.7 Å². The van der Waals surface area contributed by atoms with E-state index in [9.17, 15) is 14.4 Å². The Bertz CT molecular complexity index is 678. The van der Waals surface area contributed by atoms with Crippen LogP contribution in [0.15, 0.2) is 18.2 Å². The van der Waals surface area contributed by atoms with Gasteiger partial charge in [0.2, 0.25) is 0 Å². The first-order valence-corrected chi connectivity index (χ1v) is 8.88. The van der Waals surface area contributed by atoms with Gasteiger partial charge in [-0.1, -0.05) is 39.3 Å². The molecule has 0 saturated heterocycles. The Morgan fingerprint density at radius 3 is 2.44 bits per heavy atom. The standard InChI is InChI=1S/C21H28O4/c1-14(2)15-7-8-17(16(11-15)12-22)20(3)9-6-10-21(4,18(20)13-23)19(24)25-5/h7-8,11-14,18H,6,9-10H2,1-5H3/t18-,20-,21-/m1/s1. The Balaban J connectivity index is 2.61. The van der Waals surface area contributed by atoms with Gasteiger partial charge in [0.15, 0.2) is 0 Å². The van der Waals surface area contributed by atoms with Crippen molar-refractivity contribution in [1.82, 2.24) is 0 Å². The maximum Gasteiger partial charge on any atom is 0.312 e. The number of benzene rings is 1.